The van der Waals surface area contributed by atoms with Gasteiger partial charge in [0.2, 0.25) is 5.91 Å². The molecule has 140 valence electrons. The van der Waals surface area contributed by atoms with Crippen LogP contribution < -0.4 is 10.6 Å². The average molecular weight is 370 g/mol. The molecule has 2 saturated carbocycles. The Morgan fingerprint density at radius 3 is 2.46 bits per heavy atom. The van der Waals surface area contributed by atoms with Crippen LogP contribution in [0.15, 0.2) is 0 Å². The second kappa shape index (κ2) is 8.23. The number of nitrogens with one attached hydrogen (secondary N) is 2. The number of rotatable bonds is 5. The van der Waals surface area contributed by atoms with Gasteiger partial charge >= 0.3 is 6.18 Å². The predicted octanol–water partition coefficient (Wildman–Crippen LogP) is 2.19. The van der Waals surface area contributed by atoms with Crippen molar-refractivity contribution in [3.8, 4) is 0 Å². The molecule has 0 aromatic heterocycles. The maximum atomic E-state index is 13.3. The number of nitrogens with zero attached hydrogens (tertiary/aromatic N) is 1. The van der Waals surface area contributed by atoms with Gasteiger partial charge in [-0.25, -0.2) is 0 Å². The molecule has 4 nitrogen and oxygen atoms in total. The SMILES string of the molecule is Cl.O=C(CC1CC2CCC1C2)NCC(N1CCNCC1)C(F)(F)F. The van der Waals surface area contributed by atoms with Crippen molar-refractivity contribution >= 4 is 18.3 Å². The normalized spacial score (nSPS) is 31.5. The summed E-state index contributed by atoms with van der Waals surface area (Å²) >= 11 is 0. The number of fused-ring (bicyclic) bond motifs is 2. The predicted molar refractivity (Wildman–Crippen MR) is 88.1 cm³/mol. The van der Waals surface area contributed by atoms with Gasteiger partial charge in [-0.1, -0.05) is 6.42 Å². The molecule has 0 aromatic carbocycles. The molecule has 1 aliphatic heterocycles. The van der Waals surface area contributed by atoms with Crippen molar-refractivity contribution < 1.29 is 18.0 Å². The van der Waals surface area contributed by atoms with Gasteiger partial charge < -0.3 is 10.6 Å². The van der Waals surface area contributed by atoms with Crippen molar-refractivity contribution in [3.05, 3.63) is 0 Å². The number of carbonyl (C=O) groups is 1. The molecular formula is C16H27ClF3N3O. The van der Waals surface area contributed by atoms with Gasteiger partial charge in [-0.15, -0.1) is 12.4 Å². The van der Waals surface area contributed by atoms with E-state index < -0.39 is 12.2 Å². The smallest absolute Gasteiger partial charge is 0.354 e. The van der Waals surface area contributed by atoms with Crippen LogP contribution in [0.4, 0.5) is 13.2 Å². The number of carbonyl (C=O) groups excluding carboxylic acids is 1. The Balaban J connectivity index is 0.00000208. The lowest BCUT2D eigenvalue weighted by Crippen LogP contribution is -2.57. The van der Waals surface area contributed by atoms with E-state index in [1.165, 1.54) is 24.2 Å². The molecule has 1 heterocycles. The zero-order chi connectivity index (χ0) is 16.4. The van der Waals surface area contributed by atoms with Crippen LogP contribution in [0, 0.1) is 17.8 Å². The minimum absolute atomic E-state index is 0. The topological polar surface area (TPSA) is 44.4 Å². The highest BCUT2D eigenvalue weighted by Crippen LogP contribution is 2.49. The van der Waals surface area contributed by atoms with Gasteiger partial charge in [-0.2, -0.15) is 13.2 Å². The Bertz CT molecular complexity index is 429. The van der Waals surface area contributed by atoms with Crippen LogP contribution >= 0.6 is 12.4 Å². The van der Waals surface area contributed by atoms with Gasteiger partial charge in [-0.05, 0) is 37.0 Å². The summed E-state index contributed by atoms with van der Waals surface area (Å²) < 4.78 is 39.8. The van der Waals surface area contributed by atoms with Gasteiger partial charge in [-0.3, -0.25) is 9.69 Å². The molecule has 4 atom stereocenters. The lowest BCUT2D eigenvalue weighted by molar-refractivity contribution is -0.184. The lowest BCUT2D eigenvalue weighted by atomic mass is 9.86. The molecule has 2 N–H and O–H groups in total. The summed E-state index contributed by atoms with van der Waals surface area (Å²) in [5, 5.41) is 5.61. The third-order valence-electron chi connectivity index (χ3n) is 5.79. The van der Waals surface area contributed by atoms with Crippen molar-refractivity contribution in [2.75, 3.05) is 32.7 Å². The van der Waals surface area contributed by atoms with Crippen LogP contribution in [0.5, 0.6) is 0 Å². The first-order chi connectivity index (χ1) is 10.9. The summed E-state index contributed by atoms with van der Waals surface area (Å²) in [6, 6.07) is -1.58. The van der Waals surface area contributed by atoms with Crippen molar-refractivity contribution in [1.82, 2.24) is 15.5 Å². The zero-order valence-electron chi connectivity index (χ0n) is 13.8. The zero-order valence-corrected chi connectivity index (χ0v) is 14.6. The molecule has 0 radical (unpaired) electrons. The molecule has 2 aliphatic carbocycles. The number of hydrogen-bond donors (Lipinski definition) is 2. The second-order valence-corrected chi connectivity index (χ2v) is 7.29. The first-order valence-corrected chi connectivity index (χ1v) is 8.71. The minimum Gasteiger partial charge on any atom is -0.354 e. The van der Waals surface area contributed by atoms with E-state index in [-0.39, 0.29) is 24.9 Å². The van der Waals surface area contributed by atoms with E-state index in [0.29, 0.717) is 44.4 Å². The fraction of sp³-hybridized carbons (Fsp3) is 0.938. The Hall–Kier alpha value is -0.530. The summed E-state index contributed by atoms with van der Waals surface area (Å²) in [7, 11) is 0. The molecule has 1 amide bonds. The standard InChI is InChI=1S/C16H26F3N3O.ClH/c17-16(18,19)14(22-5-3-20-4-6-22)10-21-15(23)9-13-8-11-1-2-12(13)7-11;/h11-14,20H,1-10H2,(H,21,23);1H. The van der Waals surface area contributed by atoms with Crippen LogP contribution in [0.3, 0.4) is 0 Å². The quantitative estimate of drug-likeness (QED) is 0.780. The Labute approximate surface area is 147 Å². The molecule has 3 fully saturated rings. The first kappa shape index (κ1) is 19.8. The molecule has 8 heteroatoms. The lowest BCUT2D eigenvalue weighted by Gasteiger charge is -2.36. The highest BCUT2D eigenvalue weighted by molar-refractivity contribution is 5.85. The van der Waals surface area contributed by atoms with E-state index in [1.54, 1.807) is 0 Å². The molecule has 0 aromatic rings. The van der Waals surface area contributed by atoms with Crippen molar-refractivity contribution in [2.24, 2.45) is 17.8 Å². The fourth-order valence-corrected chi connectivity index (χ4v) is 4.59. The minimum atomic E-state index is -4.31. The van der Waals surface area contributed by atoms with Crippen molar-refractivity contribution in [1.29, 1.82) is 0 Å². The van der Waals surface area contributed by atoms with Crippen LogP contribution in [0.1, 0.15) is 32.1 Å². The highest BCUT2D eigenvalue weighted by Gasteiger charge is 2.44. The first-order valence-electron chi connectivity index (χ1n) is 8.71. The maximum absolute atomic E-state index is 13.3. The summed E-state index contributed by atoms with van der Waals surface area (Å²) in [6.45, 7) is 1.53. The fourth-order valence-electron chi connectivity index (χ4n) is 4.59. The van der Waals surface area contributed by atoms with E-state index in [1.807, 2.05) is 0 Å². The maximum Gasteiger partial charge on any atom is 0.405 e. The molecule has 1 saturated heterocycles. The van der Waals surface area contributed by atoms with Gasteiger partial charge in [0.1, 0.15) is 6.04 Å². The van der Waals surface area contributed by atoms with Gasteiger partial charge in [0.15, 0.2) is 0 Å². The average Bonchev–Trinajstić information content (AvgIpc) is 3.09. The Morgan fingerprint density at radius 1 is 1.21 bits per heavy atom. The van der Waals surface area contributed by atoms with Crippen LogP contribution in [-0.4, -0.2) is 55.7 Å². The van der Waals surface area contributed by atoms with Gasteiger partial charge in [0.25, 0.3) is 0 Å². The molecule has 0 spiro atoms. The van der Waals surface area contributed by atoms with Gasteiger partial charge in [0.05, 0.1) is 0 Å². The Kier molecular flexibility index (Phi) is 6.79. The number of piperazine rings is 1. The summed E-state index contributed by atoms with van der Waals surface area (Å²) in [5.41, 5.74) is 0. The molecule has 24 heavy (non-hydrogen) atoms. The molecule has 3 aliphatic rings. The molecule has 2 bridgehead atoms. The largest absolute Gasteiger partial charge is 0.405 e. The van der Waals surface area contributed by atoms with Crippen molar-refractivity contribution in [2.45, 2.75) is 44.3 Å². The van der Waals surface area contributed by atoms with E-state index in [2.05, 4.69) is 10.6 Å². The summed E-state index contributed by atoms with van der Waals surface area (Å²) in [6.07, 6.45) is 0.837. The monoisotopic (exact) mass is 369 g/mol. The van der Waals surface area contributed by atoms with Crippen LogP contribution in [-0.2, 0) is 4.79 Å². The summed E-state index contributed by atoms with van der Waals surface area (Å²) in [5.74, 6) is 1.54. The Morgan fingerprint density at radius 2 is 1.92 bits per heavy atom. The van der Waals surface area contributed by atoms with E-state index in [4.69, 9.17) is 0 Å². The highest BCUT2D eigenvalue weighted by atomic mass is 35.5. The third kappa shape index (κ3) is 4.76. The van der Waals surface area contributed by atoms with Crippen LogP contribution in [0.2, 0.25) is 0 Å². The molecular weight excluding hydrogens is 343 g/mol. The van der Waals surface area contributed by atoms with Crippen molar-refractivity contribution in [3.63, 3.8) is 0 Å². The van der Waals surface area contributed by atoms with Crippen LogP contribution in [0.25, 0.3) is 0 Å². The number of amides is 1. The third-order valence-corrected chi connectivity index (χ3v) is 5.79. The number of hydrogen-bond acceptors (Lipinski definition) is 3. The summed E-state index contributed by atoms with van der Waals surface area (Å²) in [4.78, 5) is 13.5. The van der Waals surface area contributed by atoms with E-state index >= 15 is 0 Å². The van der Waals surface area contributed by atoms with Gasteiger partial charge in [0, 0.05) is 39.1 Å². The molecule has 3 rings (SSSR count). The molecule has 4 unspecified atom stereocenters. The number of alkyl halides is 3. The number of halogens is 4. The van der Waals surface area contributed by atoms with E-state index in [9.17, 15) is 18.0 Å². The van der Waals surface area contributed by atoms with E-state index in [0.717, 1.165) is 12.3 Å². The second-order valence-electron chi connectivity index (χ2n) is 7.29.